The summed E-state index contributed by atoms with van der Waals surface area (Å²) in [5.41, 5.74) is 0. The first-order valence-electron chi connectivity index (χ1n) is 5.81. The van der Waals surface area contributed by atoms with Crippen LogP contribution in [0.4, 0.5) is 0 Å². The summed E-state index contributed by atoms with van der Waals surface area (Å²) in [6.45, 7) is 4.76. The summed E-state index contributed by atoms with van der Waals surface area (Å²) >= 11 is 0. The standard InChI is InChI=1S/C7H22O9Si5.H2N.Re/c1-9-17-13-19(5,8)15-21(7,12-4)16-20(6,11-3)14-18-10-2;;/h8H,1-7H3;1H2;/q;-1;. The average molecular weight is 593 g/mol. The maximum absolute atomic E-state index is 10.2. The third-order valence-electron chi connectivity index (χ3n) is 2.11. The zero-order valence-electron chi connectivity index (χ0n) is 14.2. The molecule has 0 aliphatic heterocycles. The Morgan fingerprint density at radius 2 is 1.17 bits per heavy atom. The maximum atomic E-state index is 10.2. The Labute approximate surface area is 159 Å². The molecule has 0 aliphatic rings. The SMILES string of the molecule is CO[Si]O[Si](C)(O)O[Si](C)(OC)O[Si](C)(OC)O[Si]OC.[NH2-].[Re]. The average Bonchev–Trinajstić information content (AvgIpc) is 2.42. The van der Waals surface area contributed by atoms with Crippen LogP contribution in [-0.2, 0) is 54.6 Å². The van der Waals surface area contributed by atoms with E-state index < -0.39 is 26.4 Å². The van der Waals surface area contributed by atoms with Crippen LogP contribution in [0.2, 0.25) is 19.6 Å². The fourth-order valence-corrected chi connectivity index (χ4v) is 11.4. The number of nitrogens with two attached hydrogens (primary N) is 1. The Morgan fingerprint density at radius 3 is 1.57 bits per heavy atom. The van der Waals surface area contributed by atoms with E-state index in [1.165, 1.54) is 35.0 Å². The van der Waals surface area contributed by atoms with E-state index in [1.54, 1.807) is 13.1 Å². The second kappa shape index (κ2) is 13.5. The Bertz CT molecular complexity index is 309. The first-order chi connectivity index (χ1) is 9.66. The molecule has 0 fully saturated rings. The van der Waals surface area contributed by atoms with Crippen molar-refractivity contribution in [1.82, 2.24) is 0 Å². The molecule has 0 rings (SSSR count). The number of hydrogen-bond donors (Lipinski definition) is 1. The van der Waals surface area contributed by atoms with Gasteiger partial charge in [0.25, 0.3) is 0 Å². The monoisotopic (exact) mass is 593 g/mol. The fourth-order valence-electron chi connectivity index (χ4n) is 1.15. The van der Waals surface area contributed by atoms with E-state index in [0.717, 1.165) is 0 Å². The molecule has 0 aromatic carbocycles. The predicted molar refractivity (Wildman–Crippen MR) is 86.2 cm³/mol. The van der Waals surface area contributed by atoms with Gasteiger partial charge >= 0.3 is 46.4 Å². The molecule has 0 amide bonds. The van der Waals surface area contributed by atoms with Gasteiger partial charge < -0.3 is 45.1 Å². The zero-order valence-corrected chi connectivity index (χ0v) is 21.9. The summed E-state index contributed by atoms with van der Waals surface area (Å²) in [5, 5.41) is 0. The van der Waals surface area contributed by atoms with Gasteiger partial charge in [0.15, 0.2) is 0 Å². The van der Waals surface area contributed by atoms with Gasteiger partial charge in [-0.2, -0.15) is 0 Å². The van der Waals surface area contributed by atoms with Crippen molar-refractivity contribution in [2.24, 2.45) is 0 Å². The molecular weight excluding hydrogens is 569 g/mol. The van der Waals surface area contributed by atoms with Gasteiger partial charge in [-0.25, -0.2) is 0 Å². The van der Waals surface area contributed by atoms with Crippen LogP contribution in [-0.4, -0.2) is 79.7 Å². The Hall–Kier alpha value is 1.35. The summed E-state index contributed by atoms with van der Waals surface area (Å²) in [7, 11) is -4.37. The van der Waals surface area contributed by atoms with Crippen LogP contribution in [0.15, 0.2) is 0 Å². The van der Waals surface area contributed by atoms with Crippen LogP contribution in [0, 0.1) is 0 Å². The number of hydrogen-bond acceptors (Lipinski definition) is 9. The summed E-state index contributed by atoms with van der Waals surface area (Å²) < 4.78 is 42.3. The third kappa shape index (κ3) is 12.4. The van der Waals surface area contributed by atoms with Crippen LogP contribution in [0.3, 0.4) is 0 Å². The minimum atomic E-state index is -3.44. The minimum Gasteiger partial charge on any atom is -0.693 e. The molecular formula is C7H24NO9ReSi5-. The first kappa shape index (κ1) is 29.1. The molecule has 16 heteroatoms. The van der Waals surface area contributed by atoms with Crippen molar-refractivity contribution in [3.05, 3.63) is 6.15 Å². The van der Waals surface area contributed by atoms with E-state index >= 15 is 0 Å². The molecule has 23 heavy (non-hydrogen) atoms. The smallest absolute Gasteiger partial charge is 0.482 e. The molecule has 0 saturated carbocycles. The van der Waals surface area contributed by atoms with E-state index in [4.69, 9.17) is 34.2 Å². The Kier molecular flexibility index (Phi) is 17.1. The van der Waals surface area contributed by atoms with Crippen molar-refractivity contribution < 1.29 is 59.4 Å². The Morgan fingerprint density at radius 1 is 0.739 bits per heavy atom. The predicted octanol–water partition coefficient (Wildman–Crippen LogP) is 0.120. The third-order valence-corrected chi connectivity index (χ3v) is 13.6. The molecule has 3 N–H and O–H groups in total. The molecule has 0 aliphatic carbocycles. The summed E-state index contributed by atoms with van der Waals surface area (Å²) in [6, 6.07) is 0. The molecule has 139 valence electrons. The van der Waals surface area contributed by atoms with Gasteiger partial charge in [-0.05, 0) is 0 Å². The second-order valence-electron chi connectivity index (χ2n) is 4.01. The van der Waals surface area contributed by atoms with Crippen LogP contribution in [0.5, 0.6) is 0 Å². The molecule has 0 heterocycles. The van der Waals surface area contributed by atoms with Gasteiger partial charge in [0.2, 0.25) is 0 Å². The van der Waals surface area contributed by atoms with Crippen LogP contribution < -0.4 is 0 Å². The minimum absolute atomic E-state index is 0. The number of rotatable bonds is 12. The van der Waals surface area contributed by atoms with Crippen LogP contribution in [0.25, 0.3) is 6.15 Å². The fraction of sp³-hybridized carbons (Fsp3) is 1.00. The van der Waals surface area contributed by atoms with Gasteiger partial charge in [-0.3, -0.25) is 0 Å². The van der Waals surface area contributed by atoms with E-state index in [1.807, 2.05) is 0 Å². The van der Waals surface area contributed by atoms with Gasteiger partial charge in [0, 0.05) is 68.5 Å². The largest absolute Gasteiger partial charge is 0.693 e. The first-order valence-corrected chi connectivity index (χ1v) is 14.2. The molecule has 0 saturated heterocycles. The van der Waals surface area contributed by atoms with Gasteiger partial charge in [0.05, 0.1) is 0 Å². The molecule has 0 spiro atoms. The Balaban J connectivity index is -0.00000200. The molecule has 0 aromatic heterocycles. The van der Waals surface area contributed by atoms with E-state index in [-0.39, 0.29) is 46.6 Å². The topological polar surface area (TPSA) is 128 Å². The van der Waals surface area contributed by atoms with Crippen molar-refractivity contribution in [3.63, 3.8) is 0 Å². The van der Waals surface area contributed by atoms with Crippen LogP contribution >= 0.6 is 0 Å². The summed E-state index contributed by atoms with van der Waals surface area (Å²) in [5.74, 6) is 0. The maximum Gasteiger partial charge on any atom is 0.482 e. The van der Waals surface area contributed by atoms with Crippen molar-refractivity contribution >= 4 is 46.4 Å². The van der Waals surface area contributed by atoms with Crippen molar-refractivity contribution in [2.45, 2.75) is 19.6 Å². The van der Waals surface area contributed by atoms with Gasteiger partial charge in [-0.15, -0.1) is 0 Å². The van der Waals surface area contributed by atoms with E-state index in [9.17, 15) is 4.80 Å². The molecule has 3 atom stereocenters. The van der Waals surface area contributed by atoms with Gasteiger partial charge in [0.1, 0.15) is 0 Å². The summed E-state index contributed by atoms with van der Waals surface area (Å²) in [6.07, 6.45) is 0. The van der Waals surface area contributed by atoms with E-state index in [0.29, 0.717) is 0 Å². The van der Waals surface area contributed by atoms with Crippen molar-refractivity contribution in [2.75, 3.05) is 28.4 Å². The van der Waals surface area contributed by atoms with Crippen molar-refractivity contribution in [3.8, 4) is 0 Å². The van der Waals surface area contributed by atoms with Crippen molar-refractivity contribution in [1.29, 1.82) is 0 Å². The summed E-state index contributed by atoms with van der Waals surface area (Å²) in [4.78, 5) is 10.2. The van der Waals surface area contributed by atoms with Crippen LogP contribution in [0.1, 0.15) is 0 Å². The second-order valence-corrected chi connectivity index (χ2v) is 14.5. The van der Waals surface area contributed by atoms with E-state index in [2.05, 4.69) is 0 Å². The molecule has 3 unspecified atom stereocenters. The normalized spacial score (nSPS) is 18.8. The zero-order chi connectivity index (χ0) is 16.6. The molecule has 0 aromatic rings. The molecule has 5 radical (unpaired) electrons. The molecule has 10 nitrogen and oxygen atoms in total. The van der Waals surface area contributed by atoms with Gasteiger partial charge in [-0.1, -0.05) is 0 Å². The quantitative estimate of drug-likeness (QED) is 0.314. The molecule has 0 bridgehead atoms.